The molecule has 0 spiro atoms. The first-order valence-corrected chi connectivity index (χ1v) is 19.6. The Labute approximate surface area is 294 Å². The van der Waals surface area contributed by atoms with Crippen LogP contribution in [-0.4, -0.2) is 81.5 Å². The number of hydrogen-bond donors (Lipinski definition) is 4. The molecular formula is C38H75N7O3. The van der Waals surface area contributed by atoms with Gasteiger partial charge in [0.25, 0.3) is 0 Å². The zero-order chi connectivity index (χ0) is 35.4. The number of rotatable bonds is 27. The van der Waals surface area contributed by atoms with Gasteiger partial charge in [0, 0.05) is 43.9 Å². The molecule has 4 N–H and O–H groups in total. The number of piperidine rings is 1. The predicted octanol–water partition coefficient (Wildman–Crippen LogP) is 8.18. The first kappa shape index (κ1) is 42.4. The van der Waals surface area contributed by atoms with Gasteiger partial charge in [0.2, 0.25) is 17.8 Å². The number of methoxy groups -OCH3 is 1. The van der Waals surface area contributed by atoms with Crippen molar-refractivity contribution in [2.75, 3.05) is 41.9 Å². The zero-order valence-corrected chi connectivity index (χ0v) is 32.3. The largest absolute Gasteiger partial charge is 0.385 e. The fourth-order valence-electron chi connectivity index (χ4n) is 7.51. The van der Waals surface area contributed by atoms with Crippen molar-refractivity contribution < 1.29 is 14.9 Å². The highest BCUT2D eigenvalue weighted by atomic mass is 16.5. The molecule has 2 heterocycles. The molecule has 0 aliphatic carbocycles. The molecule has 0 aromatic carbocycles. The van der Waals surface area contributed by atoms with Crippen molar-refractivity contribution in [3.8, 4) is 0 Å². The Balaban J connectivity index is 1.95. The molecule has 1 saturated heterocycles. The summed E-state index contributed by atoms with van der Waals surface area (Å²) in [6, 6.07) is 0.197. The topological polar surface area (TPSA) is 119 Å². The smallest absolute Gasteiger partial charge is 0.236 e. The molecule has 0 bridgehead atoms. The lowest BCUT2D eigenvalue weighted by Gasteiger charge is -2.49. The SMILES string of the molecule is CCCCCCCCCCCCCCCCCCNc1nc(N(CCCOC)C2CC(C)(C)NC(C)(C)C2)nc(N(C(C)O)C(C)O)n1. The third-order valence-electron chi connectivity index (χ3n) is 9.58. The minimum atomic E-state index is -0.966. The molecular weight excluding hydrogens is 602 g/mol. The normalized spacial score (nSPS) is 17.3. The highest BCUT2D eigenvalue weighted by Gasteiger charge is 2.41. The van der Waals surface area contributed by atoms with E-state index in [0.717, 1.165) is 38.8 Å². The second-order valence-corrected chi connectivity index (χ2v) is 15.7. The average molecular weight is 678 g/mol. The van der Waals surface area contributed by atoms with Crippen molar-refractivity contribution in [1.29, 1.82) is 0 Å². The van der Waals surface area contributed by atoms with Crippen LogP contribution in [0.4, 0.5) is 17.8 Å². The summed E-state index contributed by atoms with van der Waals surface area (Å²) in [5.41, 5.74) is -0.108. The molecule has 1 aliphatic rings. The molecule has 1 aromatic rings. The van der Waals surface area contributed by atoms with Gasteiger partial charge >= 0.3 is 0 Å². The van der Waals surface area contributed by atoms with E-state index in [1.165, 1.54) is 101 Å². The van der Waals surface area contributed by atoms with E-state index >= 15 is 0 Å². The van der Waals surface area contributed by atoms with Crippen molar-refractivity contribution in [3.63, 3.8) is 0 Å². The lowest BCUT2D eigenvalue weighted by atomic mass is 9.79. The molecule has 48 heavy (non-hydrogen) atoms. The average Bonchev–Trinajstić information content (AvgIpc) is 2.99. The minimum Gasteiger partial charge on any atom is -0.385 e. The zero-order valence-electron chi connectivity index (χ0n) is 32.3. The van der Waals surface area contributed by atoms with Crippen LogP contribution in [0.3, 0.4) is 0 Å². The van der Waals surface area contributed by atoms with E-state index in [2.05, 4.69) is 55.1 Å². The van der Waals surface area contributed by atoms with Gasteiger partial charge in [0.05, 0.1) is 0 Å². The number of aliphatic hydroxyl groups is 2. The molecule has 2 rings (SSSR count). The summed E-state index contributed by atoms with van der Waals surface area (Å²) >= 11 is 0. The van der Waals surface area contributed by atoms with Crippen LogP contribution in [0.2, 0.25) is 0 Å². The second-order valence-electron chi connectivity index (χ2n) is 15.7. The third kappa shape index (κ3) is 16.8. The van der Waals surface area contributed by atoms with E-state index < -0.39 is 12.5 Å². The molecule has 0 saturated carbocycles. The first-order valence-electron chi connectivity index (χ1n) is 19.6. The summed E-state index contributed by atoms with van der Waals surface area (Å²) in [4.78, 5) is 18.2. The van der Waals surface area contributed by atoms with Crippen LogP contribution in [-0.2, 0) is 4.74 Å². The highest BCUT2D eigenvalue weighted by Crippen LogP contribution is 2.34. The van der Waals surface area contributed by atoms with E-state index in [9.17, 15) is 10.2 Å². The molecule has 1 aliphatic heterocycles. The fourth-order valence-corrected chi connectivity index (χ4v) is 7.51. The van der Waals surface area contributed by atoms with E-state index in [-0.39, 0.29) is 23.1 Å². The number of anilines is 3. The summed E-state index contributed by atoms with van der Waals surface area (Å²) in [5, 5.41) is 28.3. The van der Waals surface area contributed by atoms with Gasteiger partial charge in [-0.3, -0.25) is 4.90 Å². The van der Waals surface area contributed by atoms with Gasteiger partial charge in [0.1, 0.15) is 12.5 Å². The quantitative estimate of drug-likeness (QED) is 0.0536. The van der Waals surface area contributed by atoms with Gasteiger partial charge in [-0.2, -0.15) is 15.0 Å². The molecule has 0 radical (unpaired) electrons. The van der Waals surface area contributed by atoms with E-state index in [1.807, 2.05) is 0 Å². The summed E-state index contributed by atoms with van der Waals surface area (Å²) in [7, 11) is 1.73. The fraction of sp³-hybridized carbons (Fsp3) is 0.921. The van der Waals surface area contributed by atoms with Crippen LogP contribution in [0.25, 0.3) is 0 Å². The van der Waals surface area contributed by atoms with Crippen LogP contribution in [0.1, 0.15) is 170 Å². The Bertz CT molecular complexity index is 952. The third-order valence-corrected chi connectivity index (χ3v) is 9.58. The highest BCUT2D eigenvalue weighted by molar-refractivity contribution is 5.46. The van der Waals surface area contributed by atoms with Gasteiger partial charge in [0.15, 0.2) is 0 Å². The van der Waals surface area contributed by atoms with E-state index in [1.54, 1.807) is 21.0 Å². The van der Waals surface area contributed by atoms with Crippen molar-refractivity contribution in [2.24, 2.45) is 0 Å². The Kier molecular flexibility index (Phi) is 20.2. The maximum Gasteiger partial charge on any atom is 0.236 e. The van der Waals surface area contributed by atoms with Crippen LogP contribution in [0.15, 0.2) is 0 Å². The Morgan fingerprint density at radius 2 is 1.19 bits per heavy atom. The molecule has 1 aromatic heterocycles. The predicted molar refractivity (Wildman–Crippen MR) is 202 cm³/mol. The van der Waals surface area contributed by atoms with Crippen LogP contribution in [0.5, 0.6) is 0 Å². The van der Waals surface area contributed by atoms with Crippen LogP contribution >= 0.6 is 0 Å². The Morgan fingerprint density at radius 3 is 1.65 bits per heavy atom. The van der Waals surface area contributed by atoms with Gasteiger partial charge in [-0.25, -0.2) is 0 Å². The molecule has 0 amide bonds. The number of unbranched alkanes of at least 4 members (excludes halogenated alkanes) is 15. The summed E-state index contributed by atoms with van der Waals surface area (Å²) in [5.74, 6) is 1.31. The number of nitrogens with zero attached hydrogens (tertiary/aromatic N) is 5. The second kappa shape index (κ2) is 22.9. The van der Waals surface area contributed by atoms with E-state index in [0.29, 0.717) is 18.5 Å². The summed E-state index contributed by atoms with van der Waals surface area (Å²) in [6.07, 6.45) is 22.3. The summed E-state index contributed by atoms with van der Waals surface area (Å²) < 4.78 is 5.41. The Morgan fingerprint density at radius 1 is 0.729 bits per heavy atom. The number of hydrogen-bond acceptors (Lipinski definition) is 10. The van der Waals surface area contributed by atoms with Gasteiger partial charge < -0.3 is 30.5 Å². The van der Waals surface area contributed by atoms with Crippen molar-refractivity contribution in [2.45, 2.75) is 200 Å². The molecule has 1 fully saturated rings. The molecule has 2 atom stereocenters. The van der Waals surface area contributed by atoms with Crippen molar-refractivity contribution >= 4 is 17.8 Å². The van der Waals surface area contributed by atoms with Crippen LogP contribution in [0, 0.1) is 0 Å². The molecule has 280 valence electrons. The number of aromatic nitrogens is 3. The lowest BCUT2D eigenvalue weighted by molar-refractivity contribution is 0.103. The molecule has 10 nitrogen and oxygen atoms in total. The maximum atomic E-state index is 10.6. The number of ether oxygens (including phenoxy) is 1. The van der Waals surface area contributed by atoms with Crippen LogP contribution < -0.4 is 20.4 Å². The molecule has 10 heteroatoms. The van der Waals surface area contributed by atoms with Gasteiger partial charge in [-0.15, -0.1) is 0 Å². The maximum absolute atomic E-state index is 10.6. The lowest BCUT2D eigenvalue weighted by Crippen LogP contribution is -2.62. The van der Waals surface area contributed by atoms with E-state index in [4.69, 9.17) is 14.7 Å². The van der Waals surface area contributed by atoms with Gasteiger partial charge in [-0.05, 0) is 67.2 Å². The van der Waals surface area contributed by atoms with Crippen molar-refractivity contribution in [1.82, 2.24) is 20.3 Å². The first-order chi connectivity index (χ1) is 22.9. The number of nitrogens with one attached hydrogen (secondary N) is 2. The number of aliphatic hydroxyl groups excluding tert-OH is 2. The Hall–Kier alpha value is -1.75. The molecule has 2 unspecified atom stereocenters. The summed E-state index contributed by atoms with van der Waals surface area (Å²) in [6.45, 7) is 16.7. The minimum absolute atomic E-state index is 0.0542. The monoisotopic (exact) mass is 678 g/mol. The standard InChI is InChI=1S/C38H75N7O3/c1-9-10-11-12-13-14-15-16-17-18-19-20-21-22-23-24-26-39-34-40-35(42-36(41-34)45(31(2)46)32(3)47)44(27-25-28-48-8)33-29-37(4,5)43-38(6,7)30-33/h31-33,43,46-47H,9-30H2,1-8H3,(H,39,40,41,42). The van der Waals surface area contributed by atoms with Crippen molar-refractivity contribution in [3.05, 3.63) is 0 Å². The van der Waals surface area contributed by atoms with Gasteiger partial charge in [-0.1, -0.05) is 103 Å².